The Morgan fingerprint density at radius 1 is 0.158 bits per heavy atom. The van der Waals surface area contributed by atoms with E-state index in [-0.39, 0.29) is 10.8 Å². The number of fused-ring (bicyclic) bond motifs is 12. The van der Waals surface area contributed by atoms with Gasteiger partial charge in [-0.15, -0.1) is 0 Å². The molecular formula is C114H84N4O2. The minimum Gasteiger partial charge on any atom is -0.456 e. The molecular weight excluding hydrogens is 1460 g/mol. The lowest BCUT2D eigenvalue weighted by atomic mass is 9.81. The van der Waals surface area contributed by atoms with E-state index < -0.39 is 0 Å². The highest BCUT2D eigenvalue weighted by molar-refractivity contribution is 6.08. The molecule has 0 bridgehead atoms. The Kier molecular flexibility index (Phi) is 18.2. The van der Waals surface area contributed by atoms with Crippen LogP contribution in [0.25, 0.3) is 111 Å². The van der Waals surface area contributed by atoms with Gasteiger partial charge in [0.05, 0.1) is 0 Å². The average molecular weight is 1540 g/mol. The van der Waals surface area contributed by atoms with E-state index in [1.807, 2.05) is 24.3 Å². The summed E-state index contributed by atoms with van der Waals surface area (Å²) in [5.74, 6) is 0. The van der Waals surface area contributed by atoms with E-state index >= 15 is 0 Å². The Labute approximate surface area is 700 Å². The number of hydrogen-bond acceptors (Lipinski definition) is 6. The van der Waals surface area contributed by atoms with Crippen LogP contribution in [-0.4, -0.2) is 0 Å². The third-order valence-electron chi connectivity index (χ3n) is 24.4. The summed E-state index contributed by atoms with van der Waals surface area (Å²) in [6.45, 7) is 9.41. The Morgan fingerprint density at radius 2 is 0.417 bits per heavy atom. The predicted octanol–water partition coefficient (Wildman–Crippen LogP) is 32.3. The number of hydrogen-bond donors (Lipinski definition) is 0. The average Bonchev–Trinajstić information content (AvgIpc) is 1.59. The molecule has 0 N–H and O–H groups in total. The Morgan fingerprint density at radius 3 is 0.775 bits per heavy atom. The van der Waals surface area contributed by atoms with Gasteiger partial charge < -0.3 is 28.4 Å². The minimum absolute atomic E-state index is 0.116. The highest BCUT2D eigenvalue weighted by Crippen LogP contribution is 2.54. The van der Waals surface area contributed by atoms with Crippen LogP contribution in [0.3, 0.4) is 0 Å². The molecule has 22 rings (SSSR count). The molecule has 120 heavy (non-hydrogen) atoms. The van der Waals surface area contributed by atoms with Crippen molar-refractivity contribution in [3.05, 3.63) is 459 Å². The summed E-state index contributed by atoms with van der Waals surface area (Å²) in [4.78, 5) is 9.46. The summed E-state index contributed by atoms with van der Waals surface area (Å²) in [6, 6.07) is 157. The van der Waals surface area contributed by atoms with E-state index in [1.54, 1.807) is 0 Å². The second-order valence-electron chi connectivity index (χ2n) is 32.4. The standard InChI is InChI=1S/C57H40N2O2.C57H44N2/c1-57(2)51-22-12-9-19-45(51)46-28-25-37(33-52(46)57)38-31-43(58(39-15-5-3-6-16-39)41-26-29-49-47-20-10-13-23-53(47)60-55(49)35-41)34-44(32-38)59(40-17-7-4-8-18-40)42-27-30-50-48-21-11-14-24-54(48)61-56(50)36-42;1-57(2)55-26-16-15-25-53(55)54-36-31-45(39-56(54)57)46-37-51(58(47-21-11-5-12-22-47)49-32-27-43(28-33-49)41-17-7-3-8-18-41)40-52(38-46)59(48-23-13-6-14-24-48)50-34-29-44(30-35-50)42-19-9-4-10-20-42/h3-36H,1-2H3;3-40H,1-2H3. The van der Waals surface area contributed by atoms with Crippen molar-refractivity contribution in [1.82, 2.24) is 0 Å². The van der Waals surface area contributed by atoms with Crippen LogP contribution in [0.4, 0.5) is 68.2 Å². The summed E-state index contributed by atoms with van der Waals surface area (Å²) < 4.78 is 13.0. The normalized spacial score (nSPS) is 12.6. The van der Waals surface area contributed by atoms with Gasteiger partial charge in [-0.1, -0.05) is 295 Å². The molecule has 0 amide bonds. The van der Waals surface area contributed by atoms with Crippen molar-refractivity contribution in [3.8, 4) is 66.8 Å². The monoisotopic (exact) mass is 1540 g/mol. The maximum Gasteiger partial charge on any atom is 0.137 e. The Hall–Kier alpha value is -15.2. The number of anilines is 12. The molecule has 0 saturated carbocycles. The lowest BCUT2D eigenvalue weighted by Crippen LogP contribution is -2.15. The lowest BCUT2D eigenvalue weighted by molar-refractivity contribution is 0.660. The molecule has 0 fully saturated rings. The third-order valence-corrected chi connectivity index (χ3v) is 24.4. The second kappa shape index (κ2) is 30.1. The first kappa shape index (κ1) is 72.5. The number of para-hydroxylation sites is 6. The first-order valence-electron chi connectivity index (χ1n) is 41.3. The molecule has 6 nitrogen and oxygen atoms in total. The van der Waals surface area contributed by atoms with Crippen molar-refractivity contribution in [2.45, 2.75) is 38.5 Å². The molecule has 6 heteroatoms. The van der Waals surface area contributed by atoms with Crippen LogP contribution in [-0.2, 0) is 10.8 Å². The zero-order valence-corrected chi connectivity index (χ0v) is 67.2. The van der Waals surface area contributed by atoms with Crippen LogP contribution in [0.2, 0.25) is 0 Å². The van der Waals surface area contributed by atoms with Crippen LogP contribution in [0.5, 0.6) is 0 Å². The molecule has 0 aliphatic heterocycles. The molecule has 2 aromatic heterocycles. The molecule has 0 saturated heterocycles. The molecule has 2 aliphatic rings. The van der Waals surface area contributed by atoms with Crippen molar-refractivity contribution < 1.29 is 8.83 Å². The van der Waals surface area contributed by atoms with Gasteiger partial charge in [-0.25, -0.2) is 0 Å². The first-order valence-corrected chi connectivity index (χ1v) is 41.3. The number of nitrogens with zero attached hydrogens (tertiary/aromatic N) is 4. The Balaban J connectivity index is 0.000000149. The molecule has 2 aliphatic carbocycles. The zero-order valence-electron chi connectivity index (χ0n) is 67.2. The summed E-state index contributed by atoms with van der Waals surface area (Å²) in [5, 5.41) is 4.42. The van der Waals surface area contributed by atoms with E-state index in [1.165, 1.54) is 72.3 Å². The van der Waals surface area contributed by atoms with E-state index in [0.717, 1.165) is 129 Å². The Bertz CT molecular complexity index is 6880. The topological polar surface area (TPSA) is 39.2 Å². The quantitative estimate of drug-likeness (QED) is 0.0960. The maximum absolute atomic E-state index is 6.49. The zero-order chi connectivity index (χ0) is 80.4. The molecule has 0 radical (unpaired) electrons. The smallest absolute Gasteiger partial charge is 0.137 e. The predicted molar refractivity (Wildman–Crippen MR) is 503 cm³/mol. The van der Waals surface area contributed by atoms with E-state index in [4.69, 9.17) is 8.83 Å². The maximum atomic E-state index is 6.49. The highest BCUT2D eigenvalue weighted by Gasteiger charge is 2.37. The van der Waals surface area contributed by atoms with Crippen molar-refractivity contribution in [2.75, 3.05) is 19.6 Å². The molecule has 0 unspecified atom stereocenters. The molecule has 20 aromatic rings. The van der Waals surface area contributed by atoms with Crippen molar-refractivity contribution in [2.24, 2.45) is 0 Å². The van der Waals surface area contributed by atoms with Crippen LogP contribution >= 0.6 is 0 Å². The molecule has 0 spiro atoms. The fourth-order valence-corrected chi connectivity index (χ4v) is 18.5. The van der Waals surface area contributed by atoms with Gasteiger partial charge in [0.15, 0.2) is 0 Å². The van der Waals surface area contributed by atoms with Gasteiger partial charge in [0.1, 0.15) is 22.3 Å². The van der Waals surface area contributed by atoms with Crippen molar-refractivity contribution >= 4 is 112 Å². The van der Waals surface area contributed by atoms with Crippen LogP contribution in [0, 0.1) is 0 Å². The van der Waals surface area contributed by atoms with E-state index in [9.17, 15) is 0 Å². The molecule has 0 atom stereocenters. The van der Waals surface area contributed by atoms with E-state index in [2.05, 4.69) is 460 Å². The van der Waals surface area contributed by atoms with Crippen LogP contribution in [0.1, 0.15) is 49.9 Å². The number of rotatable bonds is 16. The van der Waals surface area contributed by atoms with Gasteiger partial charge in [-0.2, -0.15) is 0 Å². The first-order chi connectivity index (χ1) is 59.0. The van der Waals surface area contributed by atoms with Crippen molar-refractivity contribution in [3.63, 3.8) is 0 Å². The van der Waals surface area contributed by atoms with Gasteiger partial charge >= 0.3 is 0 Å². The second-order valence-corrected chi connectivity index (χ2v) is 32.4. The van der Waals surface area contributed by atoms with Gasteiger partial charge in [0.25, 0.3) is 0 Å². The highest BCUT2D eigenvalue weighted by atomic mass is 16.3. The van der Waals surface area contributed by atoms with Gasteiger partial charge in [-0.3, -0.25) is 0 Å². The molecule has 18 aromatic carbocycles. The van der Waals surface area contributed by atoms with Crippen LogP contribution in [0.15, 0.2) is 446 Å². The molecule has 2 heterocycles. The fraction of sp³-hybridized carbons (Fsp3) is 0.0526. The summed E-state index contributed by atoms with van der Waals surface area (Å²) in [7, 11) is 0. The van der Waals surface area contributed by atoms with Gasteiger partial charge in [0.2, 0.25) is 0 Å². The third kappa shape index (κ3) is 13.1. The summed E-state index contributed by atoms with van der Waals surface area (Å²) >= 11 is 0. The number of furan rings is 2. The SMILES string of the molecule is CC1(C)c2ccccc2-c2ccc(-c3cc(N(c4ccccc4)c4ccc(-c5ccccc5)cc4)cc(N(c4ccccc4)c4ccc(-c5ccccc5)cc4)c3)cc21.CC1(C)c2ccccc2-c2ccc(-c3cc(N(c4ccccc4)c4ccc5c(c4)oc4ccccc45)cc(N(c4ccccc4)c4ccc5c(c4)oc4ccccc45)c3)cc21. The van der Waals surface area contributed by atoms with Crippen molar-refractivity contribution in [1.29, 1.82) is 0 Å². The van der Waals surface area contributed by atoms with Crippen LogP contribution < -0.4 is 19.6 Å². The minimum atomic E-state index is -0.140. The largest absolute Gasteiger partial charge is 0.456 e. The lowest BCUT2D eigenvalue weighted by Gasteiger charge is -2.30. The number of benzene rings is 18. The summed E-state index contributed by atoms with van der Waals surface area (Å²) in [6.07, 6.45) is 0. The summed E-state index contributed by atoms with van der Waals surface area (Å²) in [5.41, 5.74) is 35.9. The van der Waals surface area contributed by atoms with Gasteiger partial charge in [-0.05, 0) is 247 Å². The fourth-order valence-electron chi connectivity index (χ4n) is 18.5. The van der Waals surface area contributed by atoms with E-state index in [0.29, 0.717) is 0 Å². The molecule has 572 valence electrons. The van der Waals surface area contributed by atoms with Gasteiger partial charge in [0, 0.05) is 113 Å².